The van der Waals surface area contributed by atoms with Crippen molar-refractivity contribution >= 4 is 11.8 Å². The highest BCUT2D eigenvalue weighted by Crippen LogP contribution is 2.14. The van der Waals surface area contributed by atoms with Gasteiger partial charge in [-0.15, -0.1) is 0 Å². The Labute approximate surface area is 209 Å². The molecule has 2 heterocycles. The number of nitrogens with zero attached hydrogens (tertiary/aromatic N) is 1. The van der Waals surface area contributed by atoms with Crippen LogP contribution in [-0.2, 0) is 24.1 Å². The first-order chi connectivity index (χ1) is 17.5. The molecule has 1 fully saturated rings. The lowest BCUT2D eigenvalue weighted by molar-refractivity contribution is 0.0926. The van der Waals surface area contributed by atoms with Crippen LogP contribution in [-0.4, -0.2) is 42.2 Å². The standard InChI is InChI=1S/C28H30FN3O4/c29-22-9-4-8-21(16-22)12-14-31-28(35)25-19-32(17-23-10-5-15-36-23)18-24(26(25)33)27(34)30-13-11-20-6-2-1-3-7-20/h1-4,6-9,16,18-19,23H,5,10-15,17H2,(H,30,34)(H,31,35). The Bertz CT molecular complexity index is 1250. The maximum Gasteiger partial charge on any atom is 0.256 e. The summed E-state index contributed by atoms with van der Waals surface area (Å²) in [6, 6.07) is 15.9. The van der Waals surface area contributed by atoms with Crippen molar-refractivity contribution in [1.82, 2.24) is 15.2 Å². The minimum Gasteiger partial charge on any atom is -0.376 e. The number of nitrogens with one attached hydrogen (secondary N) is 2. The number of rotatable bonds is 10. The Morgan fingerprint density at radius 2 is 1.56 bits per heavy atom. The van der Waals surface area contributed by atoms with Crippen molar-refractivity contribution in [2.24, 2.45) is 0 Å². The maximum atomic E-state index is 13.4. The zero-order valence-electron chi connectivity index (χ0n) is 20.0. The Morgan fingerprint density at radius 1 is 0.917 bits per heavy atom. The largest absolute Gasteiger partial charge is 0.376 e. The minimum atomic E-state index is -0.626. The highest BCUT2D eigenvalue weighted by atomic mass is 19.1. The van der Waals surface area contributed by atoms with Gasteiger partial charge in [-0.2, -0.15) is 0 Å². The van der Waals surface area contributed by atoms with Gasteiger partial charge in [-0.25, -0.2) is 4.39 Å². The number of benzene rings is 2. The summed E-state index contributed by atoms with van der Waals surface area (Å²) in [5, 5.41) is 5.52. The van der Waals surface area contributed by atoms with Gasteiger partial charge in [0.25, 0.3) is 11.8 Å². The third kappa shape index (κ3) is 6.88. The summed E-state index contributed by atoms with van der Waals surface area (Å²) in [5.74, 6) is -1.44. The van der Waals surface area contributed by atoms with E-state index >= 15 is 0 Å². The molecule has 1 aliphatic heterocycles. The fraction of sp³-hybridized carbons (Fsp3) is 0.321. The van der Waals surface area contributed by atoms with Gasteiger partial charge in [-0.3, -0.25) is 14.4 Å². The van der Waals surface area contributed by atoms with Crippen LogP contribution in [0.2, 0.25) is 0 Å². The lowest BCUT2D eigenvalue weighted by Crippen LogP contribution is -2.37. The van der Waals surface area contributed by atoms with E-state index in [1.54, 1.807) is 16.7 Å². The molecular weight excluding hydrogens is 461 g/mol. The molecule has 2 N–H and O–H groups in total. The predicted molar refractivity (Wildman–Crippen MR) is 135 cm³/mol. The van der Waals surface area contributed by atoms with Crippen LogP contribution in [0.15, 0.2) is 71.8 Å². The molecule has 1 atom stereocenters. The van der Waals surface area contributed by atoms with E-state index in [2.05, 4.69) is 10.6 Å². The van der Waals surface area contributed by atoms with Gasteiger partial charge >= 0.3 is 0 Å². The van der Waals surface area contributed by atoms with E-state index in [-0.39, 0.29) is 29.6 Å². The summed E-state index contributed by atoms with van der Waals surface area (Å²) in [6.07, 6.45) is 5.79. The van der Waals surface area contributed by atoms with Gasteiger partial charge in [0.1, 0.15) is 16.9 Å². The number of ether oxygens (including phenoxy) is 1. The molecule has 0 spiro atoms. The fourth-order valence-electron chi connectivity index (χ4n) is 4.25. The van der Waals surface area contributed by atoms with E-state index in [0.717, 1.165) is 24.0 Å². The smallest absolute Gasteiger partial charge is 0.256 e. The van der Waals surface area contributed by atoms with Crippen molar-refractivity contribution in [2.45, 2.75) is 38.3 Å². The molecule has 1 unspecified atom stereocenters. The third-order valence-corrected chi connectivity index (χ3v) is 6.14. The van der Waals surface area contributed by atoms with E-state index < -0.39 is 17.2 Å². The number of halogens is 1. The van der Waals surface area contributed by atoms with Gasteiger partial charge in [0.05, 0.1) is 6.10 Å². The van der Waals surface area contributed by atoms with Crippen LogP contribution in [0.25, 0.3) is 0 Å². The normalized spacial score (nSPS) is 15.0. The summed E-state index contributed by atoms with van der Waals surface area (Å²) in [6.45, 7) is 1.69. The number of aromatic nitrogens is 1. The molecule has 3 aromatic rings. The number of carbonyl (C=O) groups is 2. The van der Waals surface area contributed by atoms with Gasteiger partial charge in [0.2, 0.25) is 5.43 Å². The predicted octanol–water partition coefficient (Wildman–Crippen LogP) is 3.11. The minimum absolute atomic E-state index is 0.0367. The Morgan fingerprint density at radius 3 is 2.17 bits per heavy atom. The number of amides is 2. The number of hydrogen-bond acceptors (Lipinski definition) is 4. The molecule has 188 valence electrons. The van der Waals surface area contributed by atoms with E-state index in [9.17, 15) is 18.8 Å². The molecule has 1 aliphatic rings. The molecule has 0 bridgehead atoms. The second kappa shape index (κ2) is 12.3. The molecule has 36 heavy (non-hydrogen) atoms. The van der Waals surface area contributed by atoms with E-state index in [0.29, 0.717) is 32.5 Å². The molecule has 0 radical (unpaired) electrons. The van der Waals surface area contributed by atoms with Crippen LogP contribution in [0.3, 0.4) is 0 Å². The molecule has 1 aromatic heterocycles. The SMILES string of the molecule is O=C(NCCc1ccccc1)c1cn(CC2CCCO2)cc(C(=O)NCCc2cccc(F)c2)c1=O. The van der Waals surface area contributed by atoms with E-state index in [4.69, 9.17) is 4.74 Å². The van der Waals surface area contributed by atoms with E-state index in [1.165, 1.54) is 24.5 Å². The third-order valence-electron chi connectivity index (χ3n) is 6.14. The summed E-state index contributed by atoms with van der Waals surface area (Å²) < 4.78 is 20.8. The van der Waals surface area contributed by atoms with Crippen molar-refractivity contribution < 1.29 is 18.7 Å². The summed E-state index contributed by atoms with van der Waals surface area (Å²) >= 11 is 0. The molecule has 2 amide bonds. The monoisotopic (exact) mass is 491 g/mol. The molecular formula is C28H30FN3O4. The van der Waals surface area contributed by atoms with Crippen LogP contribution < -0.4 is 16.1 Å². The zero-order valence-corrected chi connectivity index (χ0v) is 20.0. The van der Waals surface area contributed by atoms with Gasteiger partial charge in [-0.1, -0.05) is 42.5 Å². The molecule has 2 aromatic carbocycles. The molecule has 8 heteroatoms. The van der Waals surface area contributed by atoms with Crippen LogP contribution in [0.5, 0.6) is 0 Å². The molecule has 7 nitrogen and oxygen atoms in total. The topological polar surface area (TPSA) is 89.4 Å². The van der Waals surface area contributed by atoms with Crippen molar-refractivity contribution in [1.29, 1.82) is 0 Å². The van der Waals surface area contributed by atoms with Gasteiger partial charge in [-0.05, 0) is 48.9 Å². The Balaban J connectivity index is 1.47. The van der Waals surface area contributed by atoms with E-state index in [1.807, 2.05) is 30.3 Å². The summed E-state index contributed by atoms with van der Waals surface area (Å²) in [5.41, 5.74) is 0.985. The van der Waals surface area contributed by atoms with Crippen molar-refractivity contribution in [3.8, 4) is 0 Å². The van der Waals surface area contributed by atoms with Crippen molar-refractivity contribution in [3.63, 3.8) is 0 Å². The first-order valence-electron chi connectivity index (χ1n) is 12.2. The van der Waals surface area contributed by atoms with Crippen LogP contribution in [0, 0.1) is 5.82 Å². The molecule has 0 aliphatic carbocycles. The lowest BCUT2D eigenvalue weighted by atomic mass is 10.1. The number of carbonyl (C=O) groups excluding carboxylic acids is 2. The van der Waals surface area contributed by atoms with Crippen LogP contribution in [0.1, 0.15) is 44.7 Å². The zero-order chi connectivity index (χ0) is 25.3. The van der Waals surface area contributed by atoms with Crippen molar-refractivity contribution in [3.05, 3.63) is 105 Å². The lowest BCUT2D eigenvalue weighted by Gasteiger charge is -2.16. The van der Waals surface area contributed by atoms with Gasteiger partial charge in [0.15, 0.2) is 0 Å². The second-order valence-corrected chi connectivity index (χ2v) is 8.87. The first-order valence-corrected chi connectivity index (χ1v) is 12.2. The Kier molecular flexibility index (Phi) is 8.62. The van der Waals surface area contributed by atoms with Crippen LogP contribution in [0.4, 0.5) is 4.39 Å². The van der Waals surface area contributed by atoms with Gasteiger partial charge in [0, 0.05) is 38.6 Å². The molecule has 0 saturated carbocycles. The maximum absolute atomic E-state index is 13.4. The quantitative estimate of drug-likeness (QED) is 0.456. The summed E-state index contributed by atoms with van der Waals surface area (Å²) in [4.78, 5) is 39.0. The first kappa shape index (κ1) is 25.3. The highest BCUT2D eigenvalue weighted by Gasteiger charge is 2.22. The highest BCUT2D eigenvalue weighted by molar-refractivity contribution is 5.99. The van der Waals surface area contributed by atoms with Gasteiger partial charge < -0.3 is 19.9 Å². The molecule has 4 rings (SSSR count). The summed E-state index contributed by atoms with van der Waals surface area (Å²) in [7, 11) is 0. The molecule has 1 saturated heterocycles. The van der Waals surface area contributed by atoms with Crippen molar-refractivity contribution in [2.75, 3.05) is 19.7 Å². The fourth-order valence-corrected chi connectivity index (χ4v) is 4.25. The average Bonchev–Trinajstić information content (AvgIpc) is 3.38. The second-order valence-electron chi connectivity index (χ2n) is 8.87. The van der Waals surface area contributed by atoms with Crippen LogP contribution >= 0.6 is 0 Å². The average molecular weight is 492 g/mol. The number of pyridine rings is 1. The Hall–Kier alpha value is -3.78. The number of hydrogen-bond donors (Lipinski definition) is 2.